The summed E-state index contributed by atoms with van der Waals surface area (Å²) in [5, 5.41) is 6.28. The van der Waals surface area contributed by atoms with Gasteiger partial charge in [0.05, 0.1) is 16.8 Å². The minimum absolute atomic E-state index is 0.159. The van der Waals surface area contributed by atoms with Gasteiger partial charge in [0.25, 0.3) is 5.91 Å². The van der Waals surface area contributed by atoms with Crippen LogP contribution in [0.2, 0.25) is 5.02 Å². The highest BCUT2D eigenvalue weighted by atomic mass is 35.5. The van der Waals surface area contributed by atoms with E-state index in [4.69, 9.17) is 11.6 Å². The third-order valence-corrected chi connectivity index (χ3v) is 6.03. The molecular formula is C20H23ClF3N3O. The number of nitrogens with zero attached hydrogens (tertiary/aromatic N) is 2. The summed E-state index contributed by atoms with van der Waals surface area (Å²) >= 11 is 5.69. The first-order chi connectivity index (χ1) is 13.2. The molecule has 1 aromatic carbocycles. The van der Waals surface area contributed by atoms with E-state index < -0.39 is 39.5 Å². The molecule has 0 atom stereocenters. The van der Waals surface area contributed by atoms with Gasteiger partial charge in [0.2, 0.25) is 0 Å². The van der Waals surface area contributed by atoms with E-state index >= 15 is 0 Å². The predicted molar refractivity (Wildman–Crippen MR) is 101 cm³/mol. The van der Waals surface area contributed by atoms with Gasteiger partial charge in [-0.2, -0.15) is 5.10 Å². The fourth-order valence-electron chi connectivity index (χ4n) is 3.67. The lowest BCUT2D eigenvalue weighted by atomic mass is 9.86. The number of rotatable bonds is 4. The topological polar surface area (TPSA) is 46.9 Å². The van der Waals surface area contributed by atoms with E-state index in [9.17, 15) is 18.0 Å². The van der Waals surface area contributed by atoms with Gasteiger partial charge in [-0.05, 0) is 57.9 Å². The Bertz CT molecular complexity index is 876. The van der Waals surface area contributed by atoms with E-state index in [1.165, 1.54) is 0 Å². The van der Waals surface area contributed by atoms with Crippen LogP contribution in [0, 0.1) is 44.1 Å². The Morgan fingerprint density at radius 3 is 2.36 bits per heavy atom. The van der Waals surface area contributed by atoms with Crippen LogP contribution in [0.4, 0.5) is 13.2 Å². The number of amides is 1. The minimum Gasteiger partial charge on any atom is -0.349 e. The zero-order chi connectivity index (χ0) is 20.6. The molecule has 1 aliphatic carbocycles. The molecule has 0 radical (unpaired) electrons. The summed E-state index contributed by atoms with van der Waals surface area (Å²) in [7, 11) is 0. The molecule has 28 heavy (non-hydrogen) atoms. The number of hydrogen-bond acceptors (Lipinski definition) is 2. The fraction of sp³-hybridized carbons (Fsp3) is 0.500. The highest BCUT2D eigenvalue weighted by Crippen LogP contribution is 2.30. The molecule has 0 aliphatic heterocycles. The Hall–Kier alpha value is -2.02. The summed E-state index contributed by atoms with van der Waals surface area (Å²) in [6, 6.07) is -0.159. The standard InChI is InChI=1S/C20H23ClF3N3O/c1-10-8-25-27(12(10)3)9-13-4-6-14(7-5-13)26-20(28)15-16(21)19(24)18(23)11(2)17(15)22/h8,13-14H,4-7,9H2,1-3H3,(H,26,28). The molecule has 0 bridgehead atoms. The van der Waals surface area contributed by atoms with Gasteiger partial charge in [0.1, 0.15) is 5.82 Å². The summed E-state index contributed by atoms with van der Waals surface area (Å²) < 4.78 is 43.7. The largest absolute Gasteiger partial charge is 0.349 e. The normalized spacial score (nSPS) is 19.7. The van der Waals surface area contributed by atoms with Crippen molar-refractivity contribution in [2.75, 3.05) is 0 Å². The third-order valence-electron chi connectivity index (χ3n) is 5.67. The zero-order valence-corrected chi connectivity index (χ0v) is 16.8. The van der Waals surface area contributed by atoms with Crippen molar-refractivity contribution < 1.29 is 18.0 Å². The van der Waals surface area contributed by atoms with Crippen molar-refractivity contribution >= 4 is 17.5 Å². The quantitative estimate of drug-likeness (QED) is 0.574. The van der Waals surface area contributed by atoms with E-state index in [0.29, 0.717) is 5.92 Å². The summed E-state index contributed by atoms with van der Waals surface area (Å²) in [6.45, 7) is 5.96. The average molecular weight is 414 g/mol. The molecule has 1 fully saturated rings. The molecule has 0 unspecified atom stereocenters. The molecule has 1 amide bonds. The number of benzene rings is 1. The van der Waals surface area contributed by atoms with Crippen LogP contribution in [-0.2, 0) is 6.54 Å². The number of carbonyl (C=O) groups excluding carboxylic acids is 1. The van der Waals surface area contributed by atoms with Crippen molar-refractivity contribution in [3.63, 3.8) is 0 Å². The average Bonchev–Trinajstić information content (AvgIpc) is 2.98. The number of halogens is 4. The summed E-state index contributed by atoms with van der Waals surface area (Å²) in [5.74, 6) is -4.27. The number of carbonyl (C=O) groups is 1. The smallest absolute Gasteiger partial charge is 0.256 e. The minimum atomic E-state index is -1.40. The molecule has 1 N–H and O–H groups in total. The lowest BCUT2D eigenvalue weighted by Gasteiger charge is -2.29. The molecule has 4 nitrogen and oxygen atoms in total. The first-order valence-corrected chi connectivity index (χ1v) is 9.70. The van der Waals surface area contributed by atoms with E-state index in [0.717, 1.165) is 50.4 Å². The van der Waals surface area contributed by atoms with Crippen molar-refractivity contribution in [2.45, 2.75) is 59.0 Å². The van der Waals surface area contributed by atoms with Crippen LogP contribution in [0.3, 0.4) is 0 Å². The molecule has 0 spiro atoms. The maximum Gasteiger partial charge on any atom is 0.256 e. The lowest BCUT2D eigenvalue weighted by molar-refractivity contribution is 0.0915. The lowest BCUT2D eigenvalue weighted by Crippen LogP contribution is -2.39. The number of aromatic nitrogens is 2. The van der Waals surface area contributed by atoms with E-state index in [-0.39, 0.29) is 6.04 Å². The maximum absolute atomic E-state index is 14.3. The van der Waals surface area contributed by atoms with Crippen molar-refractivity contribution in [3.05, 3.63) is 51.1 Å². The molecule has 3 rings (SSSR count). The SMILES string of the molecule is Cc1cnn(CC2CCC(NC(=O)c3c(F)c(C)c(F)c(F)c3Cl)CC2)c1C. The molecule has 2 aromatic rings. The van der Waals surface area contributed by atoms with Crippen LogP contribution in [0.5, 0.6) is 0 Å². The van der Waals surface area contributed by atoms with E-state index in [2.05, 4.69) is 10.4 Å². The van der Waals surface area contributed by atoms with Gasteiger partial charge in [-0.15, -0.1) is 0 Å². The van der Waals surface area contributed by atoms with Gasteiger partial charge in [-0.3, -0.25) is 9.48 Å². The summed E-state index contributed by atoms with van der Waals surface area (Å²) in [4.78, 5) is 12.5. The van der Waals surface area contributed by atoms with Crippen molar-refractivity contribution in [3.8, 4) is 0 Å². The van der Waals surface area contributed by atoms with Crippen molar-refractivity contribution in [2.24, 2.45) is 5.92 Å². The van der Waals surface area contributed by atoms with Gasteiger partial charge >= 0.3 is 0 Å². The molecule has 1 heterocycles. The van der Waals surface area contributed by atoms with Crippen LogP contribution in [-0.4, -0.2) is 21.7 Å². The summed E-state index contributed by atoms with van der Waals surface area (Å²) in [5.41, 5.74) is 1.11. The molecule has 152 valence electrons. The zero-order valence-electron chi connectivity index (χ0n) is 16.1. The molecule has 0 saturated heterocycles. The highest BCUT2D eigenvalue weighted by molar-refractivity contribution is 6.34. The second kappa shape index (κ2) is 8.15. The second-order valence-electron chi connectivity index (χ2n) is 7.54. The van der Waals surface area contributed by atoms with Crippen molar-refractivity contribution in [1.82, 2.24) is 15.1 Å². The molecule has 8 heteroatoms. The molecular weight excluding hydrogens is 391 g/mol. The first kappa shape index (κ1) is 20.7. The number of nitrogens with one attached hydrogen (secondary N) is 1. The Kier molecular flexibility index (Phi) is 6.03. The fourth-order valence-corrected chi connectivity index (χ4v) is 3.92. The summed E-state index contributed by atoms with van der Waals surface area (Å²) in [6.07, 6.45) is 5.06. The predicted octanol–water partition coefficient (Wildman–Crippen LogP) is 4.87. The van der Waals surface area contributed by atoms with Gasteiger partial charge in [0, 0.05) is 23.8 Å². The molecule has 1 aliphatic rings. The first-order valence-electron chi connectivity index (χ1n) is 9.33. The van der Waals surface area contributed by atoms with Gasteiger partial charge in [0.15, 0.2) is 11.6 Å². The van der Waals surface area contributed by atoms with Crippen LogP contribution >= 0.6 is 11.6 Å². The third kappa shape index (κ3) is 3.90. The Labute approximate surface area is 167 Å². The Morgan fingerprint density at radius 1 is 1.14 bits per heavy atom. The maximum atomic E-state index is 14.3. The van der Waals surface area contributed by atoms with Crippen LogP contribution in [0.1, 0.15) is 52.9 Å². The van der Waals surface area contributed by atoms with Gasteiger partial charge in [-0.25, -0.2) is 13.2 Å². The number of hydrogen-bond donors (Lipinski definition) is 1. The molecule has 1 aromatic heterocycles. The van der Waals surface area contributed by atoms with Gasteiger partial charge < -0.3 is 5.32 Å². The number of aryl methyl sites for hydroxylation is 1. The van der Waals surface area contributed by atoms with Crippen LogP contribution < -0.4 is 5.32 Å². The van der Waals surface area contributed by atoms with Gasteiger partial charge in [-0.1, -0.05) is 11.6 Å². The van der Waals surface area contributed by atoms with Crippen LogP contribution in [0.15, 0.2) is 6.20 Å². The monoisotopic (exact) mass is 413 g/mol. The van der Waals surface area contributed by atoms with Crippen LogP contribution in [0.25, 0.3) is 0 Å². The molecule has 1 saturated carbocycles. The second-order valence-corrected chi connectivity index (χ2v) is 7.92. The Morgan fingerprint density at radius 2 is 1.79 bits per heavy atom. The van der Waals surface area contributed by atoms with Crippen molar-refractivity contribution in [1.29, 1.82) is 0 Å². The van der Waals surface area contributed by atoms with E-state index in [1.54, 1.807) is 0 Å². The Balaban J connectivity index is 1.62. The van der Waals surface area contributed by atoms with E-state index in [1.807, 2.05) is 24.7 Å². The highest BCUT2D eigenvalue weighted by Gasteiger charge is 2.29.